The minimum Gasteiger partial charge on any atom is -0.445 e. The molecular formula is C26H28N4O7S. The highest BCUT2D eigenvalue weighted by molar-refractivity contribution is 8.14. The van der Waals surface area contributed by atoms with Gasteiger partial charge >= 0.3 is 6.09 Å². The second-order valence-electron chi connectivity index (χ2n) is 9.11. The Morgan fingerprint density at radius 1 is 0.974 bits per heavy atom. The van der Waals surface area contributed by atoms with Crippen molar-refractivity contribution < 1.29 is 28.8 Å². The molecule has 2 atom stereocenters. The maximum Gasteiger partial charge on any atom is 0.410 e. The Kier molecular flexibility index (Phi) is 8.62. The van der Waals surface area contributed by atoms with Crippen LogP contribution in [0.4, 0.5) is 10.5 Å². The molecule has 2 saturated heterocycles. The van der Waals surface area contributed by atoms with E-state index >= 15 is 0 Å². The Labute approximate surface area is 223 Å². The topological polar surface area (TPSA) is 130 Å². The lowest BCUT2D eigenvalue weighted by Gasteiger charge is -2.36. The fraction of sp³-hybridized carbons (Fsp3) is 0.385. The molecule has 0 N–H and O–H groups in total. The first-order valence-corrected chi connectivity index (χ1v) is 13.1. The van der Waals surface area contributed by atoms with Gasteiger partial charge in [0.05, 0.1) is 4.92 Å². The Morgan fingerprint density at radius 2 is 1.61 bits per heavy atom. The molecule has 0 bridgehead atoms. The zero-order valence-corrected chi connectivity index (χ0v) is 21.7. The maximum absolute atomic E-state index is 13.5. The van der Waals surface area contributed by atoms with Gasteiger partial charge < -0.3 is 14.5 Å². The van der Waals surface area contributed by atoms with E-state index in [9.17, 15) is 29.3 Å². The van der Waals surface area contributed by atoms with Crippen molar-refractivity contribution in [1.82, 2.24) is 14.7 Å². The lowest BCUT2D eigenvalue weighted by Crippen LogP contribution is -2.55. The summed E-state index contributed by atoms with van der Waals surface area (Å²) in [4.78, 5) is 66.1. The lowest BCUT2D eigenvalue weighted by atomic mass is 10.1. The van der Waals surface area contributed by atoms with Gasteiger partial charge in [0, 0.05) is 62.6 Å². The van der Waals surface area contributed by atoms with Crippen LogP contribution in [-0.2, 0) is 20.9 Å². The predicted molar refractivity (Wildman–Crippen MR) is 139 cm³/mol. The van der Waals surface area contributed by atoms with E-state index in [1.807, 2.05) is 6.07 Å². The quantitative estimate of drug-likeness (QED) is 0.404. The van der Waals surface area contributed by atoms with Gasteiger partial charge in [-0.1, -0.05) is 42.1 Å². The zero-order chi connectivity index (χ0) is 27.2. The van der Waals surface area contributed by atoms with E-state index in [4.69, 9.17) is 4.74 Å². The van der Waals surface area contributed by atoms with Crippen LogP contribution in [0, 0.1) is 10.1 Å². The number of piperazine rings is 1. The van der Waals surface area contributed by atoms with Crippen molar-refractivity contribution in [2.24, 2.45) is 0 Å². The number of nitro benzene ring substituents is 1. The Bertz CT molecular complexity index is 1200. The van der Waals surface area contributed by atoms with Crippen molar-refractivity contribution in [2.75, 3.05) is 32.7 Å². The van der Waals surface area contributed by atoms with Crippen LogP contribution in [0.1, 0.15) is 29.3 Å². The van der Waals surface area contributed by atoms with E-state index in [2.05, 4.69) is 0 Å². The number of likely N-dealkylation sites (tertiary alicyclic amines) is 1. The normalized spacial score (nSPS) is 19.2. The van der Waals surface area contributed by atoms with Crippen LogP contribution in [0.3, 0.4) is 0 Å². The molecule has 2 fully saturated rings. The molecule has 2 aliphatic heterocycles. The number of hydrogen-bond donors (Lipinski definition) is 0. The highest BCUT2D eigenvalue weighted by atomic mass is 32.2. The van der Waals surface area contributed by atoms with Crippen LogP contribution in [0.25, 0.3) is 0 Å². The molecule has 0 spiro atoms. The van der Waals surface area contributed by atoms with Crippen LogP contribution >= 0.6 is 11.8 Å². The minimum absolute atomic E-state index is 0.0506. The summed E-state index contributed by atoms with van der Waals surface area (Å²) in [6.07, 6.45) is -0.402. The van der Waals surface area contributed by atoms with Crippen molar-refractivity contribution in [3.05, 3.63) is 75.8 Å². The first kappa shape index (κ1) is 27.1. The van der Waals surface area contributed by atoms with Crippen molar-refractivity contribution in [3.8, 4) is 0 Å². The fourth-order valence-corrected chi connectivity index (χ4v) is 5.60. The summed E-state index contributed by atoms with van der Waals surface area (Å²) in [5.41, 5.74) is 1.04. The standard InChI is InChI=1S/C26H28N4O7S/c1-18(31)27-11-13-28(14-12-27)24(32)23-15-22(38-25(33)20-5-3-2-4-6-20)16-29(23)26(34)37-17-19-7-9-21(10-8-19)30(35)36/h2-10,22-23H,11-17H2,1H3/t22-,23-/m0/s1. The molecule has 0 aliphatic carbocycles. The van der Waals surface area contributed by atoms with Crippen LogP contribution in [0.15, 0.2) is 54.6 Å². The molecule has 0 aromatic heterocycles. The average molecular weight is 541 g/mol. The smallest absolute Gasteiger partial charge is 0.410 e. The van der Waals surface area contributed by atoms with E-state index in [1.54, 1.807) is 34.1 Å². The van der Waals surface area contributed by atoms with Crippen LogP contribution in [-0.4, -0.2) is 86.7 Å². The Morgan fingerprint density at radius 3 is 2.21 bits per heavy atom. The average Bonchev–Trinajstić information content (AvgIpc) is 3.35. The summed E-state index contributed by atoms with van der Waals surface area (Å²) in [5.74, 6) is -0.291. The summed E-state index contributed by atoms with van der Waals surface area (Å²) in [6.45, 7) is 3.09. The third kappa shape index (κ3) is 6.49. The first-order valence-electron chi connectivity index (χ1n) is 12.2. The molecule has 4 rings (SSSR count). The molecule has 11 nitrogen and oxygen atoms in total. The highest BCUT2D eigenvalue weighted by Crippen LogP contribution is 2.32. The van der Waals surface area contributed by atoms with E-state index in [1.165, 1.54) is 36.1 Å². The molecule has 2 heterocycles. The van der Waals surface area contributed by atoms with Gasteiger partial charge in [0.15, 0.2) is 0 Å². The molecule has 2 aliphatic rings. The number of amides is 3. The number of non-ortho nitro benzene ring substituents is 1. The van der Waals surface area contributed by atoms with Gasteiger partial charge in [-0.05, 0) is 24.1 Å². The van der Waals surface area contributed by atoms with Crippen molar-refractivity contribution in [2.45, 2.75) is 31.2 Å². The molecule has 2 aromatic carbocycles. The summed E-state index contributed by atoms with van der Waals surface area (Å²) in [5, 5.41) is 10.4. The SMILES string of the molecule is CC(=O)N1CCN(C(=O)[C@@H]2C[C@H](SC(=O)c3ccccc3)CN2C(=O)OCc2ccc([N+](=O)[O-])cc2)CC1. The van der Waals surface area contributed by atoms with Crippen molar-refractivity contribution >= 4 is 40.5 Å². The van der Waals surface area contributed by atoms with E-state index in [-0.39, 0.29) is 41.0 Å². The number of carbonyl (C=O) groups is 4. The Hall–Kier alpha value is -3.93. The van der Waals surface area contributed by atoms with E-state index in [0.29, 0.717) is 43.7 Å². The van der Waals surface area contributed by atoms with Gasteiger partial charge in [0.25, 0.3) is 5.69 Å². The van der Waals surface area contributed by atoms with Gasteiger partial charge in [-0.15, -0.1) is 0 Å². The highest BCUT2D eigenvalue weighted by Gasteiger charge is 2.43. The van der Waals surface area contributed by atoms with E-state index < -0.39 is 17.1 Å². The molecular weight excluding hydrogens is 512 g/mol. The third-order valence-corrected chi connectivity index (χ3v) is 7.74. The largest absolute Gasteiger partial charge is 0.445 e. The maximum atomic E-state index is 13.5. The predicted octanol–water partition coefficient (Wildman–Crippen LogP) is 2.94. The number of hydrogen-bond acceptors (Lipinski definition) is 8. The van der Waals surface area contributed by atoms with Gasteiger partial charge in [-0.2, -0.15) is 0 Å². The van der Waals surface area contributed by atoms with Gasteiger partial charge in [0.2, 0.25) is 16.9 Å². The van der Waals surface area contributed by atoms with Crippen LogP contribution < -0.4 is 0 Å². The summed E-state index contributed by atoms with van der Waals surface area (Å²) in [7, 11) is 0. The third-order valence-electron chi connectivity index (χ3n) is 6.61. The second kappa shape index (κ2) is 12.1. The van der Waals surface area contributed by atoms with Crippen LogP contribution in [0.2, 0.25) is 0 Å². The van der Waals surface area contributed by atoms with Crippen molar-refractivity contribution in [3.63, 3.8) is 0 Å². The van der Waals surface area contributed by atoms with Gasteiger partial charge in [-0.25, -0.2) is 4.79 Å². The Balaban J connectivity index is 1.44. The summed E-state index contributed by atoms with van der Waals surface area (Å²) < 4.78 is 5.47. The number of benzene rings is 2. The zero-order valence-electron chi connectivity index (χ0n) is 20.9. The van der Waals surface area contributed by atoms with Gasteiger partial charge in [-0.3, -0.25) is 29.4 Å². The molecule has 200 valence electrons. The number of carbonyl (C=O) groups excluding carboxylic acids is 4. The fourth-order valence-electron chi connectivity index (χ4n) is 4.51. The molecule has 38 heavy (non-hydrogen) atoms. The molecule has 3 amide bonds. The number of nitrogens with zero attached hydrogens (tertiary/aromatic N) is 4. The number of ether oxygens (including phenoxy) is 1. The van der Waals surface area contributed by atoms with E-state index in [0.717, 1.165) is 11.8 Å². The first-order chi connectivity index (χ1) is 18.2. The van der Waals surface area contributed by atoms with Crippen LogP contribution in [0.5, 0.6) is 0 Å². The lowest BCUT2D eigenvalue weighted by molar-refractivity contribution is -0.384. The van der Waals surface area contributed by atoms with Crippen molar-refractivity contribution in [1.29, 1.82) is 0 Å². The molecule has 2 aromatic rings. The molecule has 12 heteroatoms. The number of rotatable bonds is 6. The summed E-state index contributed by atoms with van der Waals surface area (Å²) in [6, 6.07) is 13.7. The molecule has 0 unspecified atom stereocenters. The summed E-state index contributed by atoms with van der Waals surface area (Å²) >= 11 is 1.10. The minimum atomic E-state index is -0.802. The molecule has 0 radical (unpaired) electrons. The molecule has 0 saturated carbocycles. The van der Waals surface area contributed by atoms with Gasteiger partial charge in [0.1, 0.15) is 12.6 Å². The second-order valence-corrected chi connectivity index (χ2v) is 10.4. The number of thioether (sulfide) groups is 1. The monoisotopic (exact) mass is 540 g/mol. The number of nitro groups is 1.